The Labute approximate surface area is 164 Å². The van der Waals surface area contributed by atoms with Gasteiger partial charge in [-0.2, -0.15) is 4.31 Å². The van der Waals surface area contributed by atoms with Gasteiger partial charge in [0.15, 0.2) is 5.82 Å². The number of nitrogens with one attached hydrogen (secondary N) is 2. The summed E-state index contributed by atoms with van der Waals surface area (Å²) in [5.74, 6) is 0.00260. The monoisotopic (exact) mass is 408 g/mol. The molecule has 0 radical (unpaired) electrons. The Morgan fingerprint density at radius 2 is 1.86 bits per heavy atom. The van der Waals surface area contributed by atoms with Crippen LogP contribution in [0, 0.1) is 6.92 Å². The predicted molar refractivity (Wildman–Crippen MR) is 104 cm³/mol. The third-order valence-electron chi connectivity index (χ3n) is 3.79. The highest BCUT2D eigenvalue weighted by atomic mass is 32.2. The summed E-state index contributed by atoms with van der Waals surface area (Å²) in [7, 11) is -3.88. The molecule has 1 heterocycles. The van der Waals surface area contributed by atoms with Crippen LogP contribution in [-0.2, 0) is 19.6 Å². The number of rotatable bonds is 9. The zero-order valence-corrected chi connectivity index (χ0v) is 16.9. The Morgan fingerprint density at radius 1 is 1.18 bits per heavy atom. The van der Waals surface area contributed by atoms with Gasteiger partial charge in [0, 0.05) is 25.2 Å². The molecule has 0 spiro atoms. The van der Waals surface area contributed by atoms with E-state index in [0.717, 1.165) is 10.7 Å². The van der Waals surface area contributed by atoms with Crippen LogP contribution in [0.5, 0.6) is 0 Å². The number of hydrogen-bond acceptors (Lipinski definition) is 6. The van der Waals surface area contributed by atoms with Gasteiger partial charge in [0.2, 0.25) is 21.8 Å². The molecule has 0 atom stereocenters. The van der Waals surface area contributed by atoms with Crippen molar-refractivity contribution in [2.75, 3.05) is 23.7 Å². The van der Waals surface area contributed by atoms with Gasteiger partial charge in [-0.05, 0) is 37.6 Å². The molecule has 0 saturated carbocycles. The number of sulfonamides is 1. The number of aryl methyl sites for hydroxylation is 1. The molecule has 2 N–H and O–H groups in total. The number of hydrogen-bond donors (Lipinski definition) is 2. The van der Waals surface area contributed by atoms with E-state index in [1.54, 1.807) is 13.0 Å². The molecule has 9 nitrogen and oxygen atoms in total. The highest BCUT2D eigenvalue weighted by Crippen LogP contribution is 2.19. The van der Waals surface area contributed by atoms with Gasteiger partial charge in [0.25, 0.3) is 0 Å². The zero-order chi connectivity index (χ0) is 20.7. The van der Waals surface area contributed by atoms with E-state index in [4.69, 9.17) is 4.52 Å². The molecule has 0 aliphatic heterocycles. The molecule has 1 aromatic carbocycles. The highest BCUT2D eigenvalue weighted by Gasteiger charge is 2.26. The number of unbranched alkanes of at least 4 members (excludes halogenated alkanes) is 1. The number of amides is 2. The van der Waals surface area contributed by atoms with Gasteiger partial charge in [0.1, 0.15) is 5.76 Å². The number of aromatic nitrogens is 1. The first-order valence-corrected chi connectivity index (χ1v) is 10.3. The van der Waals surface area contributed by atoms with Gasteiger partial charge in [-0.1, -0.05) is 18.5 Å². The molecule has 0 saturated heterocycles. The van der Waals surface area contributed by atoms with Crippen molar-refractivity contribution in [1.29, 1.82) is 0 Å². The number of carbonyl (C=O) groups is 2. The van der Waals surface area contributed by atoms with Crippen LogP contribution in [0.2, 0.25) is 0 Å². The fraction of sp³-hybridized carbons (Fsp3) is 0.389. The van der Waals surface area contributed by atoms with Crippen LogP contribution in [0.4, 0.5) is 11.5 Å². The summed E-state index contributed by atoms with van der Waals surface area (Å²) >= 11 is 0. The van der Waals surface area contributed by atoms with Crippen molar-refractivity contribution in [3.05, 3.63) is 36.1 Å². The molecule has 0 aliphatic carbocycles. The van der Waals surface area contributed by atoms with Crippen molar-refractivity contribution in [2.24, 2.45) is 0 Å². The van der Waals surface area contributed by atoms with E-state index in [9.17, 15) is 18.0 Å². The smallest absolute Gasteiger partial charge is 0.243 e. The average molecular weight is 408 g/mol. The van der Waals surface area contributed by atoms with Crippen molar-refractivity contribution in [1.82, 2.24) is 9.46 Å². The molecule has 0 unspecified atom stereocenters. The SMILES string of the molecule is CCCCN(CC(=O)Nc1cc(C)on1)S(=O)(=O)c1ccc(NC(C)=O)cc1. The molecule has 2 amide bonds. The molecule has 2 rings (SSSR count). The van der Waals surface area contributed by atoms with E-state index >= 15 is 0 Å². The lowest BCUT2D eigenvalue weighted by Crippen LogP contribution is -2.38. The summed E-state index contributed by atoms with van der Waals surface area (Å²) in [6.45, 7) is 4.85. The maximum absolute atomic E-state index is 13.0. The van der Waals surface area contributed by atoms with Gasteiger partial charge >= 0.3 is 0 Å². The van der Waals surface area contributed by atoms with Gasteiger partial charge < -0.3 is 15.2 Å². The zero-order valence-electron chi connectivity index (χ0n) is 16.1. The molecule has 28 heavy (non-hydrogen) atoms. The van der Waals surface area contributed by atoms with Crippen molar-refractivity contribution in [2.45, 2.75) is 38.5 Å². The second-order valence-electron chi connectivity index (χ2n) is 6.27. The fourth-order valence-electron chi connectivity index (χ4n) is 2.45. The molecule has 0 fully saturated rings. The molecular weight excluding hydrogens is 384 g/mol. The molecule has 0 aliphatic rings. The summed E-state index contributed by atoms with van der Waals surface area (Å²) in [6.07, 6.45) is 1.39. The van der Waals surface area contributed by atoms with E-state index in [0.29, 0.717) is 17.9 Å². The first-order valence-electron chi connectivity index (χ1n) is 8.83. The second kappa shape index (κ2) is 9.47. The minimum atomic E-state index is -3.88. The van der Waals surface area contributed by atoms with E-state index in [1.165, 1.54) is 31.2 Å². The van der Waals surface area contributed by atoms with Crippen molar-refractivity contribution in [3.8, 4) is 0 Å². The number of carbonyl (C=O) groups excluding carboxylic acids is 2. The van der Waals surface area contributed by atoms with Crippen LogP contribution in [0.1, 0.15) is 32.4 Å². The quantitative estimate of drug-likeness (QED) is 0.657. The summed E-state index contributed by atoms with van der Waals surface area (Å²) in [4.78, 5) is 23.4. The predicted octanol–water partition coefficient (Wildman–Crippen LogP) is 2.37. The van der Waals surface area contributed by atoms with E-state index in [1.807, 2.05) is 6.92 Å². The Kier molecular flexibility index (Phi) is 7.30. The van der Waals surface area contributed by atoms with Gasteiger partial charge in [0.05, 0.1) is 11.4 Å². The van der Waals surface area contributed by atoms with Crippen LogP contribution in [0.15, 0.2) is 39.8 Å². The number of anilines is 2. The number of nitrogens with zero attached hydrogens (tertiary/aromatic N) is 2. The lowest BCUT2D eigenvalue weighted by Gasteiger charge is -2.21. The summed E-state index contributed by atoms with van der Waals surface area (Å²) < 4.78 is 32.0. The maximum Gasteiger partial charge on any atom is 0.243 e. The Morgan fingerprint density at radius 3 is 2.39 bits per heavy atom. The van der Waals surface area contributed by atoms with Crippen LogP contribution in [0.3, 0.4) is 0 Å². The average Bonchev–Trinajstić information content (AvgIpc) is 3.03. The molecule has 10 heteroatoms. The maximum atomic E-state index is 13.0. The summed E-state index contributed by atoms with van der Waals surface area (Å²) in [5, 5.41) is 8.78. The minimum absolute atomic E-state index is 0.0442. The van der Waals surface area contributed by atoms with Gasteiger partial charge in [-0.15, -0.1) is 0 Å². The molecule has 0 bridgehead atoms. The Balaban J connectivity index is 2.17. The highest BCUT2D eigenvalue weighted by molar-refractivity contribution is 7.89. The summed E-state index contributed by atoms with van der Waals surface area (Å²) in [6, 6.07) is 7.36. The molecular formula is C18H24N4O5S. The lowest BCUT2D eigenvalue weighted by molar-refractivity contribution is -0.116. The fourth-order valence-corrected chi connectivity index (χ4v) is 3.88. The lowest BCUT2D eigenvalue weighted by atomic mass is 10.3. The van der Waals surface area contributed by atoms with Crippen molar-refractivity contribution in [3.63, 3.8) is 0 Å². The van der Waals surface area contributed by atoms with E-state index in [2.05, 4.69) is 15.8 Å². The third kappa shape index (κ3) is 5.89. The number of benzene rings is 1. The normalized spacial score (nSPS) is 11.4. The second-order valence-corrected chi connectivity index (χ2v) is 8.21. The molecule has 2 aromatic rings. The summed E-state index contributed by atoms with van der Waals surface area (Å²) in [5.41, 5.74) is 0.491. The van der Waals surface area contributed by atoms with Crippen LogP contribution in [-0.4, -0.2) is 42.8 Å². The first kappa shape index (κ1) is 21.6. The topological polar surface area (TPSA) is 122 Å². The first-order chi connectivity index (χ1) is 13.2. The third-order valence-corrected chi connectivity index (χ3v) is 5.65. The van der Waals surface area contributed by atoms with Crippen molar-refractivity contribution >= 4 is 33.3 Å². The Bertz CT molecular complexity index is 922. The van der Waals surface area contributed by atoms with E-state index in [-0.39, 0.29) is 29.7 Å². The van der Waals surface area contributed by atoms with E-state index < -0.39 is 15.9 Å². The van der Waals surface area contributed by atoms with Crippen LogP contribution >= 0.6 is 0 Å². The minimum Gasteiger partial charge on any atom is -0.360 e. The Hall–Kier alpha value is -2.72. The standard InChI is InChI=1S/C18H24N4O5S/c1-4-5-10-22(12-18(24)20-17-11-13(2)27-21-17)28(25,26)16-8-6-15(7-9-16)19-14(3)23/h6-9,11H,4-5,10,12H2,1-3H3,(H,19,23)(H,20,21,24). The largest absolute Gasteiger partial charge is 0.360 e. The van der Waals surface area contributed by atoms with Crippen molar-refractivity contribution < 1.29 is 22.5 Å². The van der Waals surface area contributed by atoms with Gasteiger partial charge in [-0.3, -0.25) is 9.59 Å². The molecule has 1 aromatic heterocycles. The van der Waals surface area contributed by atoms with Gasteiger partial charge in [-0.25, -0.2) is 8.42 Å². The molecule has 152 valence electrons. The van der Waals surface area contributed by atoms with Crippen LogP contribution in [0.25, 0.3) is 0 Å². The van der Waals surface area contributed by atoms with Crippen LogP contribution < -0.4 is 10.6 Å².